The van der Waals surface area contributed by atoms with Crippen molar-refractivity contribution < 1.29 is 12.8 Å². The largest absolute Gasteiger partial charge is 0.243 e. The molecule has 0 atom stereocenters. The molecule has 0 unspecified atom stereocenters. The molecule has 1 aliphatic rings. The van der Waals surface area contributed by atoms with Crippen molar-refractivity contribution in [2.75, 3.05) is 5.75 Å². The highest BCUT2D eigenvalue weighted by atomic mass is 35.7. The predicted octanol–water partition coefficient (Wildman–Crippen LogP) is 1.06. The van der Waals surface area contributed by atoms with E-state index in [1.54, 1.807) is 0 Å². The van der Waals surface area contributed by atoms with Gasteiger partial charge in [0.2, 0.25) is 9.05 Å². The van der Waals surface area contributed by atoms with Gasteiger partial charge in [-0.3, -0.25) is 0 Å². The Bertz CT molecular complexity index is 207. The lowest BCUT2D eigenvalue weighted by Gasteiger charge is -1.97. The van der Waals surface area contributed by atoms with Gasteiger partial charge in [-0.15, -0.1) is 0 Å². The van der Waals surface area contributed by atoms with Gasteiger partial charge in [0.25, 0.3) is 0 Å². The zero-order valence-electron chi connectivity index (χ0n) is 4.60. The monoisotopic (exact) mass is 172 g/mol. The van der Waals surface area contributed by atoms with Crippen LogP contribution in [0.25, 0.3) is 0 Å². The van der Waals surface area contributed by atoms with Crippen LogP contribution in [0.1, 0.15) is 12.8 Å². The Kier molecular flexibility index (Phi) is 1.48. The molecule has 2 nitrogen and oxygen atoms in total. The van der Waals surface area contributed by atoms with E-state index < -0.39 is 20.5 Å². The molecule has 1 aliphatic carbocycles. The fourth-order valence-corrected chi connectivity index (χ4v) is 2.08. The van der Waals surface area contributed by atoms with Crippen molar-refractivity contribution in [3.8, 4) is 0 Å². The first-order chi connectivity index (χ1) is 3.91. The second-order valence-electron chi connectivity index (χ2n) is 2.33. The summed E-state index contributed by atoms with van der Waals surface area (Å²) in [5.41, 5.74) is -1.49. The Morgan fingerprint density at radius 2 is 2.00 bits per heavy atom. The van der Waals surface area contributed by atoms with Gasteiger partial charge in [0.05, 0.1) is 5.75 Å². The van der Waals surface area contributed by atoms with Gasteiger partial charge in [0.1, 0.15) is 5.67 Å². The molecule has 0 saturated heterocycles. The number of halogens is 2. The lowest BCUT2D eigenvalue weighted by atomic mass is 10.5. The van der Waals surface area contributed by atoms with Gasteiger partial charge in [0, 0.05) is 10.7 Å². The highest BCUT2D eigenvalue weighted by molar-refractivity contribution is 8.13. The fraction of sp³-hybridized carbons (Fsp3) is 1.00. The van der Waals surface area contributed by atoms with Crippen LogP contribution in [0.2, 0.25) is 0 Å². The van der Waals surface area contributed by atoms with E-state index in [1.807, 2.05) is 0 Å². The van der Waals surface area contributed by atoms with Gasteiger partial charge in [-0.2, -0.15) is 0 Å². The standard InChI is InChI=1S/C4H6ClFO2S/c5-9(7,8)3-4(6)1-2-4/h1-3H2. The van der Waals surface area contributed by atoms with E-state index >= 15 is 0 Å². The van der Waals surface area contributed by atoms with Crippen LogP contribution in [0.5, 0.6) is 0 Å². The Morgan fingerprint density at radius 3 is 2.11 bits per heavy atom. The van der Waals surface area contributed by atoms with Crippen LogP contribution in [-0.2, 0) is 9.05 Å². The summed E-state index contributed by atoms with van der Waals surface area (Å²) in [5, 5.41) is 0. The summed E-state index contributed by atoms with van der Waals surface area (Å²) < 4.78 is 33.0. The molecule has 0 bridgehead atoms. The van der Waals surface area contributed by atoms with E-state index in [0.717, 1.165) is 0 Å². The van der Waals surface area contributed by atoms with E-state index in [2.05, 4.69) is 0 Å². The van der Waals surface area contributed by atoms with Crippen LogP contribution in [0.3, 0.4) is 0 Å². The molecule has 0 aliphatic heterocycles. The van der Waals surface area contributed by atoms with E-state index in [-0.39, 0.29) is 0 Å². The van der Waals surface area contributed by atoms with Crippen molar-refractivity contribution in [2.24, 2.45) is 0 Å². The summed E-state index contributed by atoms with van der Waals surface area (Å²) in [4.78, 5) is 0. The summed E-state index contributed by atoms with van der Waals surface area (Å²) in [6.07, 6.45) is 0.665. The molecule has 0 aromatic rings. The number of alkyl halides is 1. The molecular formula is C4H6ClFO2S. The number of hydrogen-bond donors (Lipinski definition) is 0. The molecule has 54 valence electrons. The van der Waals surface area contributed by atoms with Crippen LogP contribution in [0.15, 0.2) is 0 Å². The van der Waals surface area contributed by atoms with E-state index in [4.69, 9.17) is 10.7 Å². The zero-order chi connectivity index (χ0) is 7.12. The average molecular weight is 173 g/mol. The maximum Gasteiger partial charge on any atom is 0.235 e. The van der Waals surface area contributed by atoms with E-state index in [0.29, 0.717) is 12.8 Å². The van der Waals surface area contributed by atoms with Crippen LogP contribution < -0.4 is 0 Å². The van der Waals surface area contributed by atoms with Crippen LogP contribution in [0.4, 0.5) is 4.39 Å². The molecule has 0 aromatic carbocycles. The van der Waals surface area contributed by atoms with E-state index in [9.17, 15) is 12.8 Å². The molecule has 0 radical (unpaired) electrons. The molecule has 0 amide bonds. The third-order valence-electron chi connectivity index (χ3n) is 1.22. The first-order valence-electron chi connectivity index (χ1n) is 2.53. The van der Waals surface area contributed by atoms with Crippen LogP contribution >= 0.6 is 10.7 Å². The van der Waals surface area contributed by atoms with Crippen molar-refractivity contribution in [3.05, 3.63) is 0 Å². The minimum absolute atomic E-state index is 0.332. The van der Waals surface area contributed by atoms with Gasteiger partial charge in [0.15, 0.2) is 0 Å². The first-order valence-corrected chi connectivity index (χ1v) is 5.00. The molecule has 0 N–H and O–H groups in total. The molecule has 1 rings (SSSR count). The zero-order valence-corrected chi connectivity index (χ0v) is 6.17. The van der Waals surface area contributed by atoms with Gasteiger partial charge in [-0.05, 0) is 12.8 Å². The summed E-state index contributed by atoms with van der Waals surface area (Å²) in [5.74, 6) is -0.526. The predicted molar refractivity (Wildman–Crippen MR) is 32.7 cm³/mol. The molecule has 5 heteroatoms. The molecule has 0 aromatic heterocycles. The van der Waals surface area contributed by atoms with Crippen molar-refractivity contribution in [2.45, 2.75) is 18.5 Å². The average Bonchev–Trinajstić information content (AvgIpc) is 2.12. The first kappa shape index (κ1) is 7.28. The molecule has 1 fully saturated rings. The van der Waals surface area contributed by atoms with Crippen molar-refractivity contribution in [1.29, 1.82) is 0 Å². The van der Waals surface area contributed by atoms with Crippen molar-refractivity contribution in [3.63, 3.8) is 0 Å². The second-order valence-corrected chi connectivity index (χ2v) is 5.11. The summed E-state index contributed by atoms with van der Waals surface area (Å²) in [6, 6.07) is 0. The fourth-order valence-electron chi connectivity index (χ4n) is 0.589. The quantitative estimate of drug-likeness (QED) is 0.584. The molecule has 9 heavy (non-hydrogen) atoms. The normalized spacial score (nSPS) is 23.8. The summed E-state index contributed by atoms with van der Waals surface area (Å²) >= 11 is 0. The lowest BCUT2D eigenvalue weighted by molar-refractivity contribution is 0.342. The van der Waals surface area contributed by atoms with Crippen LogP contribution in [0, 0.1) is 0 Å². The van der Waals surface area contributed by atoms with Gasteiger partial charge < -0.3 is 0 Å². The highest BCUT2D eigenvalue weighted by Gasteiger charge is 2.46. The Labute approximate surface area is 57.4 Å². The molecular weight excluding hydrogens is 167 g/mol. The molecule has 1 saturated carbocycles. The third kappa shape index (κ3) is 2.49. The minimum Gasteiger partial charge on any atom is -0.243 e. The number of hydrogen-bond acceptors (Lipinski definition) is 2. The SMILES string of the molecule is O=S(=O)(Cl)CC1(F)CC1. The summed E-state index contributed by atoms with van der Waals surface area (Å²) in [6.45, 7) is 0. The second kappa shape index (κ2) is 1.83. The van der Waals surface area contributed by atoms with Crippen molar-refractivity contribution >= 4 is 19.7 Å². The minimum atomic E-state index is -3.62. The van der Waals surface area contributed by atoms with E-state index in [1.165, 1.54) is 0 Å². The van der Waals surface area contributed by atoms with Gasteiger partial charge in [-0.1, -0.05) is 0 Å². The smallest absolute Gasteiger partial charge is 0.235 e. The van der Waals surface area contributed by atoms with Crippen molar-refractivity contribution in [1.82, 2.24) is 0 Å². The highest BCUT2D eigenvalue weighted by Crippen LogP contribution is 2.41. The lowest BCUT2D eigenvalue weighted by Crippen LogP contribution is -2.12. The Hall–Kier alpha value is 0.170. The number of rotatable bonds is 2. The Morgan fingerprint density at radius 1 is 1.56 bits per heavy atom. The van der Waals surface area contributed by atoms with Gasteiger partial charge in [-0.25, -0.2) is 12.8 Å². The molecule has 0 heterocycles. The summed E-state index contributed by atoms with van der Waals surface area (Å²) in [7, 11) is 1.17. The van der Waals surface area contributed by atoms with Crippen LogP contribution in [-0.4, -0.2) is 19.8 Å². The maximum atomic E-state index is 12.5. The van der Waals surface area contributed by atoms with Gasteiger partial charge >= 0.3 is 0 Å². The third-order valence-corrected chi connectivity index (χ3v) is 2.41. The molecule has 0 spiro atoms. The Balaban J connectivity index is 2.53. The maximum absolute atomic E-state index is 12.5. The topological polar surface area (TPSA) is 34.1 Å².